The Morgan fingerprint density at radius 1 is 0.968 bits per heavy atom. The normalized spacial score (nSPS) is 11.1. The molecule has 2 aromatic heterocycles. The Bertz CT molecular complexity index is 1310. The van der Waals surface area contributed by atoms with Crippen LogP contribution in [0.3, 0.4) is 0 Å². The number of aryl methyl sites for hydroxylation is 1. The van der Waals surface area contributed by atoms with E-state index in [4.69, 9.17) is 21.1 Å². The van der Waals surface area contributed by atoms with Crippen molar-refractivity contribution >= 4 is 34.1 Å². The largest absolute Gasteiger partial charge is 0.495 e. The minimum Gasteiger partial charge on any atom is -0.495 e. The zero-order chi connectivity index (χ0) is 22.3. The quantitative estimate of drug-likeness (QED) is 0.426. The van der Waals surface area contributed by atoms with E-state index in [1.807, 2.05) is 13.8 Å². The van der Waals surface area contributed by atoms with E-state index in [9.17, 15) is 8.78 Å². The predicted octanol–water partition coefficient (Wildman–Crippen LogP) is 5.73. The Kier molecular flexibility index (Phi) is 5.41. The molecule has 160 valence electrons. The molecule has 0 bridgehead atoms. The maximum Gasteiger partial charge on any atom is 0.160 e. The number of benzene rings is 2. The van der Waals surface area contributed by atoms with Crippen LogP contribution in [0, 0.1) is 25.5 Å². The maximum absolute atomic E-state index is 13.9. The van der Waals surface area contributed by atoms with Gasteiger partial charge in [-0.2, -0.15) is 0 Å². The maximum atomic E-state index is 13.9. The molecule has 0 amide bonds. The number of hydrogen-bond donors (Lipinski definition) is 1. The van der Waals surface area contributed by atoms with E-state index in [0.717, 1.165) is 28.8 Å². The fraction of sp³-hybridized carbons (Fsp3) is 0.182. The molecule has 0 aliphatic rings. The van der Waals surface area contributed by atoms with Crippen molar-refractivity contribution in [3.63, 3.8) is 0 Å². The van der Waals surface area contributed by atoms with Crippen molar-refractivity contribution in [1.82, 2.24) is 14.5 Å². The van der Waals surface area contributed by atoms with Gasteiger partial charge in [0.05, 0.1) is 36.0 Å². The second kappa shape index (κ2) is 8.03. The molecular formula is C22H19ClF2N4O2. The van der Waals surface area contributed by atoms with Crippen molar-refractivity contribution in [3.8, 4) is 17.2 Å². The third-order valence-electron chi connectivity index (χ3n) is 5.18. The summed E-state index contributed by atoms with van der Waals surface area (Å²) in [5.41, 5.74) is 3.32. The molecule has 2 aromatic carbocycles. The lowest BCUT2D eigenvalue weighted by Gasteiger charge is -2.14. The number of nitrogens with zero attached hydrogens (tertiary/aromatic N) is 3. The second-order valence-corrected chi connectivity index (χ2v) is 7.28. The van der Waals surface area contributed by atoms with Crippen LogP contribution in [0.1, 0.15) is 11.3 Å². The van der Waals surface area contributed by atoms with Crippen LogP contribution < -0.4 is 14.8 Å². The van der Waals surface area contributed by atoms with Gasteiger partial charge in [-0.1, -0.05) is 11.6 Å². The van der Waals surface area contributed by atoms with Gasteiger partial charge in [0.25, 0.3) is 0 Å². The van der Waals surface area contributed by atoms with Gasteiger partial charge in [-0.05, 0) is 37.6 Å². The minimum absolute atomic E-state index is 0.406. The summed E-state index contributed by atoms with van der Waals surface area (Å²) in [6.07, 6.45) is 1.40. The summed E-state index contributed by atoms with van der Waals surface area (Å²) < 4.78 is 39.8. The number of nitrogens with one attached hydrogen (secondary N) is 1. The summed E-state index contributed by atoms with van der Waals surface area (Å²) >= 11 is 6.29. The predicted molar refractivity (Wildman–Crippen MR) is 116 cm³/mol. The minimum atomic E-state index is -0.929. The third kappa shape index (κ3) is 3.53. The van der Waals surface area contributed by atoms with E-state index < -0.39 is 11.6 Å². The van der Waals surface area contributed by atoms with Crippen molar-refractivity contribution in [2.45, 2.75) is 13.8 Å². The molecule has 31 heavy (non-hydrogen) atoms. The van der Waals surface area contributed by atoms with Gasteiger partial charge in [-0.25, -0.2) is 18.7 Å². The van der Waals surface area contributed by atoms with Gasteiger partial charge in [-0.3, -0.25) is 4.57 Å². The van der Waals surface area contributed by atoms with E-state index in [1.165, 1.54) is 19.5 Å². The molecule has 1 N–H and O–H groups in total. The standard InChI is InChI=1S/C22H19ClF2N4O2/c1-11-12(2)29(13-5-6-15(24)16(25)7-13)22-20(11)21(26-10-27-22)28-17-8-14(23)18(30-3)9-19(17)31-4/h5-10H,1-4H3,(H,26,27,28). The molecule has 0 atom stereocenters. The smallest absolute Gasteiger partial charge is 0.160 e. The Balaban J connectivity index is 1.88. The molecule has 0 spiro atoms. The molecule has 9 heteroatoms. The number of methoxy groups -OCH3 is 2. The van der Waals surface area contributed by atoms with Gasteiger partial charge in [0.15, 0.2) is 17.3 Å². The van der Waals surface area contributed by atoms with Crippen LogP contribution >= 0.6 is 11.6 Å². The summed E-state index contributed by atoms with van der Waals surface area (Å²) in [7, 11) is 3.06. The van der Waals surface area contributed by atoms with Crippen LogP contribution in [-0.2, 0) is 0 Å². The van der Waals surface area contributed by atoms with Gasteiger partial charge in [0.2, 0.25) is 0 Å². The lowest BCUT2D eigenvalue weighted by Crippen LogP contribution is -2.01. The number of halogens is 3. The molecule has 0 aliphatic carbocycles. The zero-order valence-electron chi connectivity index (χ0n) is 17.3. The average molecular weight is 445 g/mol. The van der Waals surface area contributed by atoms with E-state index in [0.29, 0.717) is 39.4 Å². The highest BCUT2D eigenvalue weighted by atomic mass is 35.5. The van der Waals surface area contributed by atoms with Crippen molar-refractivity contribution in [1.29, 1.82) is 0 Å². The number of rotatable bonds is 5. The topological polar surface area (TPSA) is 61.2 Å². The van der Waals surface area contributed by atoms with Crippen LogP contribution in [-0.4, -0.2) is 28.8 Å². The average Bonchev–Trinajstić information content (AvgIpc) is 3.01. The van der Waals surface area contributed by atoms with E-state index in [2.05, 4.69) is 15.3 Å². The first-order valence-electron chi connectivity index (χ1n) is 9.32. The van der Waals surface area contributed by atoms with Crippen LogP contribution in [0.25, 0.3) is 16.7 Å². The molecule has 0 fully saturated rings. The number of hydrogen-bond acceptors (Lipinski definition) is 5. The lowest BCUT2D eigenvalue weighted by molar-refractivity contribution is 0.396. The van der Waals surface area contributed by atoms with Crippen LogP contribution in [0.2, 0.25) is 5.02 Å². The highest BCUT2D eigenvalue weighted by Crippen LogP contribution is 2.39. The summed E-state index contributed by atoms with van der Waals surface area (Å²) in [6, 6.07) is 7.10. The van der Waals surface area contributed by atoms with Gasteiger partial charge in [0, 0.05) is 17.8 Å². The monoisotopic (exact) mass is 444 g/mol. The molecule has 4 aromatic rings. The molecule has 0 radical (unpaired) electrons. The number of anilines is 2. The van der Waals surface area contributed by atoms with Crippen LogP contribution in [0.4, 0.5) is 20.3 Å². The molecule has 2 heterocycles. The summed E-state index contributed by atoms with van der Waals surface area (Å²) in [6.45, 7) is 3.80. The Hall–Kier alpha value is -3.39. The first kappa shape index (κ1) is 20.9. The molecular weight excluding hydrogens is 426 g/mol. The molecule has 0 aliphatic heterocycles. The Morgan fingerprint density at radius 2 is 1.71 bits per heavy atom. The SMILES string of the molecule is COc1cc(OC)c(Nc2ncnc3c2c(C)c(C)n3-c2ccc(F)c(F)c2)cc1Cl. The third-order valence-corrected chi connectivity index (χ3v) is 5.48. The fourth-order valence-corrected chi connectivity index (χ4v) is 3.76. The van der Waals surface area contributed by atoms with E-state index in [-0.39, 0.29) is 0 Å². The first-order chi connectivity index (χ1) is 14.8. The fourth-order valence-electron chi connectivity index (χ4n) is 3.52. The molecule has 0 saturated heterocycles. The van der Waals surface area contributed by atoms with Crippen LogP contribution in [0.15, 0.2) is 36.7 Å². The van der Waals surface area contributed by atoms with Crippen molar-refractivity contribution in [2.24, 2.45) is 0 Å². The highest BCUT2D eigenvalue weighted by molar-refractivity contribution is 6.32. The summed E-state index contributed by atoms with van der Waals surface area (Å²) in [5.74, 6) is -0.321. The first-order valence-corrected chi connectivity index (χ1v) is 9.70. The van der Waals surface area contributed by atoms with Gasteiger partial charge in [-0.15, -0.1) is 0 Å². The van der Waals surface area contributed by atoms with Gasteiger partial charge < -0.3 is 14.8 Å². The van der Waals surface area contributed by atoms with Crippen molar-refractivity contribution < 1.29 is 18.3 Å². The molecule has 0 saturated carbocycles. The summed E-state index contributed by atoms with van der Waals surface area (Å²) in [4.78, 5) is 8.79. The number of aromatic nitrogens is 3. The molecule has 4 rings (SSSR count). The van der Waals surface area contributed by atoms with E-state index in [1.54, 1.807) is 23.8 Å². The second-order valence-electron chi connectivity index (χ2n) is 6.88. The van der Waals surface area contributed by atoms with Crippen molar-refractivity contribution in [2.75, 3.05) is 19.5 Å². The van der Waals surface area contributed by atoms with Gasteiger partial charge in [0.1, 0.15) is 23.6 Å². The van der Waals surface area contributed by atoms with Gasteiger partial charge >= 0.3 is 0 Å². The van der Waals surface area contributed by atoms with Crippen LogP contribution in [0.5, 0.6) is 11.5 Å². The van der Waals surface area contributed by atoms with Crippen molar-refractivity contribution in [3.05, 3.63) is 64.6 Å². The highest BCUT2D eigenvalue weighted by Gasteiger charge is 2.20. The Labute approximate surface area is 182 Å². The number of ether oxygens (including phenoxy) is 2. The lowest BCUT2D eigenvalue weighted by atomic mass is 10.2. The van der Waals surface area contributed by atoms with E-state index >= 15 is 0 Å². The summed E-state index contributed by atoms with van der Waals surface area (Å²) in [5, 5.41) is 4.39. The number of fused-ring (bicyclic) bond motifs is 1. The molecule has 6 nitrogen and oxygen atoms in total. The molecule has 0 unspecified atom stereocenters. The Morgan fingerprint density at radius 3 is 2.39 bits per heavy atom. The zero-order valence-corrected chi connectivity index (χ0v) is 18.0.